The number of nitrogens with zero attached hydrogens (tertiary/aromatic N) is 4. The van der Waals surface area contributed by atoms with Crippen molar-refractivity contribution >= 4 is 29.1 Å². The first kappa shape index (κ1) is 34.2. The normalized spacial score (nSPS) is 13.8. The molecule has 1 N–H and O–H groups in total. The first-order chi connectivity index (χ1) is 21.4. The number of ether oxygens (including phenoxy) is 2. The van der Waals surface area contributed by atoms with E-state index < -0.39 is 36.5 Å². The van der Waals surface area contributed by atoms with E-state index >= 15 is 0 Å². The van der Waals surface area contributed by atoms with Crippen molar-refractivity contribution < 1.29 is 36.9 Å². The van der Waals surface area contributed by atoms with E-state index in [0.29, 0.717) is 5.02 Å². The van der Waals surface area contributed by atoms with Crippen molar-refractivity contribution in [2.24, 2.45) is 0 Å². The van der Waals surface area contributed by atoms with Gasteiger partial charge in [0.1, 0.15) is 24.0 Å². The van der Waals surface area contributed by atoms with Gasteiger partial charge < -0.3 is 19.5 Å². The molecule has 3 aromatic carbocycles. The van der Waals surface area contributed by atoms with E-state index in [1.54, 1.807) is 19.1 Å². The van der Waals surface area contributed by atoms with Gasteiger partial charge in [-0.1, -0.05) is 59.6 Å². The molecular formula is C31H30Cl2F4N4O4. The molecule has 1 amide bonds. The molecule has 4 aromatic rings. The van der Waals surface area contributed by atoms with Crippen LogP contribution >= 0.6 is 23.2 Å². The average Bonchev–Trinajstić information content (AvgIpc) is 3.53. The second-order valence-electron chi connectivity index (χ2n) is 10.2. The van der Waals surface area contributed by atoms with E-state index in [1.807, 2.05) is 30.3 Å². The lowest BCUT2D eigenvalue weighted by molar-refractivity contribution is -0.148. The van der Waals surface area contributed by atoms with E-state index in [-0.39, 0.29) is 48.2 Å². The fourth-order valence-electron chi connectivity index (χ4n) is 4.60. The maximum Gasteiger partial charge on any atom is 0.340 e. The molecule has 4 rings (SSSR count). The molecule has 14 heteroatoms. The minimum atomic E-state index is -4.34. The molecule has 0 radical (unpaired) electrons. The van der Waals surface area contributed by atoms with E-state index in [0.717, 1.165) is 5.56 Å². The van der Waals surface area contributed by atoms with Gasteiger partial charge >= 0.3 is 12.3 Å². The van der Waals surface area contributed by atoms with Crippen LogP contribution in [0.4, 0.5) is 17.6 Å². The molecule has 0 aliphatic rings. The predicted octanol–water partition coefficient (Wildman–Crippen LogP) is 6.50. The second kappa shape index (κ2) is 15.0. The zero-order chi connectivity index (χ0) is 32.6. The number of hydrogen-bond acceptors (Lipinski definition) is 6. The van der Waals surface area contributed by atoms with Gasteiger partial charge in [0.05, 0.1) is 25.8 Å². The van der Waals surface area contributed by atoms with Crippen molar-refractivity contribution in [3.63, 3.8) is 0 Å². The maximum atomic E-state index is 14.0. The summed E-state index contributed by atoms with van der Waals surface area (Å²) < 4.78 is 63.8. The Bertz CT molecular complexity index is 1530. The first-order valence-electron chi connectivity index (χ1n) is 13.7. The molecule has 1 heterocycles. The van der Waals surface area contributed by atoms with Crippen molar-refractivity contribution in [2.45, 2.75) is 44.1 Å². The third-order valence-electron chi connectivity index (χ3n) is 7.13. The van der Waals surface area contributed by atoms with Crippen LogP contribution in [0.3, 0.4) is 0 Å². The Morgan fingerprint density at radius 2 is 1.78 bits per heavy atom. The summed E-state index contributed by atoms with van der Waals surface area (Å²) in [6, 6.07) is 18.1. The van der Waals surface area contributed by atoms with Crippen molar-refractivity contribution in [3.05, 3.63) is 112 Å². The highest BCUT2D eigenvalue weighted by Crippen LogP contribution is 2.37. The highest BCUT2D eigenvalue weighted by molar-refractivity contribution is 6.35. The number of amides is 1. The molecule has 0 saturated heterocycles. The van der Waals surface area contributed by atoms with E-state index in [4.69, 9.17) is 32.7 Å². The van der Waals surface area contributed by atoms with Crippen molar-refractivity contribution in [1.82, 2.24) is 19.7 Å². The van der Waals surface area contributed by atoms with Crippen LogP contribution < -0.4 is 4.74 Å². The van der Waals surface area contributed by atoms with Crippen LogP contribution in [0.25, 0.3) is 0 Å². The van der Waals surface area contributed by atoms with Crippen LogP contribution in [0.15, 0.2) is 85.5 Å². The number of alkyl halides is 4. The number of halogens is 6. The molecule has 0 unspecified atom stereocenters. The number of aromatic nitrogens is 3. The second-order valence-corrected chi connectivity index (χ2v) is 11.1. The van der Waals surface area contributed by atoms with Gasteiger partial charge in [-0.05, 0) is 48.9 Å². The molecule has 45 heavy (non-hydrogen) atoms. The van der Waals surface area contributed by atoms with Crippen LogP contribution in [0.5, 0.6) is 5.75 Å². The Morgan fingerprint density at radius 1 is 1.07 bits per heavy atom. The number of rotatable bonds is 15. The molecule has 0 fully saturated rings. The van der Waals surface area contributed by atoms with Crippen LogP contribution in [0, 0.1) is 0 Å². The Balaban J connectivity index is 1.63. The Labute approximate surface area is 267 Å². The Hall–Kier alpha value is -3.71. The number of carbonyl (C=O) groups is 1. The smallest absolute Gasteiger partial charge is 0.340 e. The fraction of sp³-hybridized carbons (Fsp3) is 0.323. The number of hydrogen-bond donors (Lipinski definition) is 1. The summed E-state index contributed by atoms with van der Waals surface area (Å²) >= 11 is 12.7. The summed E-state index contributed by atoms with van der Waals surface area (Å²) in [5, 5.41) is 16.9. The van der Waals surface area contributed by atoms with Gasteiger partial charge in [0, 0.05) is 27.7 Å². The standard InChI is InChI=1S/C31H30Cl2F4N4O4/c1-21(30(43,17-40-20-38-19-39-40)26-12-9-24(32)15-27(26)33)41(13-14-44-16-22-5-3-2-4-6-22)28(42)23-7-10-25(11-8-23)45-18-31(36,37)29(34)35/h2-12,15,19-21,29,43H,13-14,16-18H2,1H3/t21-,30-/m1/s1. The van der Waals surface area contributed by atoms with Gasteiger partial charge in [0.25, 0.3) is 5.91 Å². The average molecular weight is 670 g/mol. The molecule has 0 bridgehead atoms. The quantitative estimate of drug-likeness (QED) is 0.115. The lowest BCUT2D eigenvalue weighted by atomic mass is 9.85. The van der Waals surface area contributed by atoms with Crippen LogP contribution in [0.2, 0.25) is 10.0 Å². The summed E-state index contributed by atoms with van der Waals surface area (Å²) in [4.78, 5) is 19.3. The summed E-state index contributed by atoms with van der Waals surface area (Å²) in [5.41, 5.74) is -0.507. The predicted molar refractivity (Wildman–Crippen MR) is 160 cm³/mol. The van der Waals surface area contributed by atoms with Crippen molar-refractivity contribution in [3.8, 4) is 5.75 Å². The molecule has 0 saturated carbocycles. The topological polar surface area (TPSA) is 89.7 Å². The van der Waals surface area contributed by atoms with Crippen molar-refractivity contribution in [1.29, 1.82) is 0 Å². The molecule has 8 nitrogen and oxygen atoms in total. The van der Waals surface area contributed by atoms with Crippen LogP contribution in [-0.4, -0.2) is 68.8 Å². The largest absolute Gasteiger partial charge is 0.487 e. The third kappa shape index (κ3) is 8.72. The zero-order valence-electron chi connectivity index (χ0n) is 24.0. The summed E-state index contributed by atoms with van der Waals surface area (Å²) in [5.74, 6) is -5.01. The Morgan fingerprint density at radius 3 is 2.40 bits per heavy atom. The van der Waals surface area contributed by atoms with Gasteiger partial charge in [-0.3, -0.25) is 4.79 Å². The molecule has 0 aliphatic carbocycles. The van der Waals surface area contributed by atoms with Gasteiger partial charge in [0.15, 0.2) is 6.61 Å². The number of aliphatic hydroxyl groups is 1. The van der Waals surface area contributed by atoms with E-state index in [9.17, 15) is 27.5 Å². The van der Waals surface area contributed by atoms with Gasteiger partial charge in [0.2, 0.25) is 0 Å². The number of benzene rings is 3. The van der Waals surface area contributed by atoms with Gasteiger partial charge in [-0.2, -0.15) is 13.9 Å². The molecule has 0 spiro atoms. The van der Waals surface area contributed by atoms with Gasteiger partial charge in [-0.15, -0.1) is 0 Å². The minimum Gasteiger partial charge on any atom is -0.487 e. The molecule has 1 aromatic heterocycles. The number of carbonyl (C=O) groups excluding carboxylic acids is 1. The molecule has 2 atom stereocenters. The maximum absolute atomic E-state index is 14.0. The lowest BCUT2D eigenvalue weighted by Gasteiger charge is -2.41. The first-order valence-corrected chi connectivity index (χ1v) is 14.5. The van der Waals surface area contributed by atoms with Crippen LogP contribution in [0.1, 0.15) is 28.4 Å². The third-order valence-corrected chi connectivity index (χ3v) is 7.67. The Kier molecular flexibility index (Phi) is 11.4. The van der Waals surface area contributed by atoms with Gasteiger partial charge in [-0.25, -0.2) is 18.4 Å². The van der Waals surface area contributed by atoms with Crippen molar-refractivity contribution in [2.75, 3.05) is 19.8 Å². The highest BCUT2D eigenvalue weighted by atomic mass is 35.5. The zero-order valence-corrected chi connectivity index (χ0v) is 25.5. The summed E-state index contributed by atoms with van der Waals surface area (Å²) in [6.45, 7) is 0.352. The highest BCUT2D eigenvalue weighted by Gasteiger charge is 2.44. The summed E-state index contributed by atoms with van der Waals surface area (Å²) in [6.07, 6.45) is -1.18. The lowest BCUT2D eigenvalue weighted by Crippen LogP contribution is -2.54. The SMILES string of the molecule is C[C@@H](N(CCOCc1ccccc1)C(=O)c1ccc(OCC(F)(F)C(F)F)cc1)[C@](O)(Cn1cncn1)c1ccc(Cl)cc1Cl. The molecule has 240 valence electrons. The monoisotopic (exact) mass is 668 g/mol. The van der Waals surface area contributed by atoms with Crippen LogP contribution in [-0.2, 0) is 23.5 Å². The molecule has 0 aliphatic heterocycles. The fourth-order valence-corrected chi connectivity index (χ4v) is 5.17. The minimum absolute atomic E-state index is 0.0244. The van der Waals surface area contributed by atoms with E-state index in [2.05, 4.69) is 10.1 Å². The molecular weight excluding hydrogens is 639 g/mol. The van der Waals surface area contributed by atoms with E-state index in [1.165, 1.54) is 52.6 Å². The summed E-state index contributed by atoms with van der Waals surface area (Å²) in [7, 11) is 0.